The molecule has 3 aromatic rings. The van der Waals surface area contributed by atoms with Gasteiger partial charge in [-0.2, -0.15) is 10.4 Å². The summed E-state index contributed by atoms with van der Waals surface area (Å²) in [7, 11) is 0. The van der Waals surface area contributed by atoms with Crippen LogP contribution in [0.2, 0.25) is 0 Å². The van der Waals surface area contributed by atoms with Gasteiger partial charge in [0.1, 0.15) is 5.39 Å². The molecule has 2 aliphatic rings. The number of carbonyl (C=O) groups is 2. The van der Waals surface area contributed by atoms with Crippen LogP contribution >= 0.6 is 0 Å². The molecule has 37 heavy (non-hydrogen) atoms. The first-order valence-electron chi connectivity index (χ1n) is 12.3. The van der Waals surface area contributed by atoms with E-state index < -0.39 is 17.6 Å². The second kappa shape index (κ2) is 9.71. The third-order valence-corrected chi connectivity index (χ3v) is 7.27. The van der Waals surface area contributed by atoms with Crippen molar-refractivity contribution in [3.8, 4) is 6.07 Å². The first kappa shape index (κ1) is 24.5. The Hall–Kier alpha value is -4.17. The SMILES string of the molecule is Cc1cc(Nc2nn(C3(CC#N)CCC(C(=O)O)OC3)c3cc[nH]c(=O)c23)ccc1C(=O)N1CCCC1. The number of aromatic amines is 1. The van der Waals surface area contributed by atoms with Crippen molar-refractivity contribution in [1.82, 2.24) is 19.7 Å². The minimum Gasteiger partial charge on any atom is -0.479 e. The number of carboxylic acids is 1. The average Bonchev–Trinajstić information content (AvgIpc) is 3.54. The van der Waals surface area contributed by atoms with Gasteiger partial charge in [0.05, 0.1) is 30.2 Å². The number of carboxylic acid groups (broad SMARTS) is 1. The van der Waals surface area contributed by atoms with Gasteiger partial charge in [-0.1, -0.05) is 0 Å². The number of likely N-dealkylation sites (tertiary alicyclic amines) is 1. The predicted molar refractivity (Wildman–Crippen MR) is 135 cm³/mol. The van der Waals surface area contributed by atoms with Crippen LogP contribution in [0.4, 0.5) is 11.5 Å². The van der Waals surface area contributed by atoms with Gasteiger partial charge in [0.25, 0.3) is 11.5 Å². The first-order chi connectivity index (χ1) is 17.8. The number of hydrogen-bond donors (Lipinski definition) is 3. The van der Waals surface area contributed by atoms with Crippen molar-refractivity contribution < 1.29 is 19.4 Å². The number of aliphatic carboxylic acids is 1. The largest absolute Gasteiger partial charge is 0.479 e. The molecule has 0 radical (unpaired) electrons. The van der Waals surface area contributed by atoms with Gasteiger partial charge in [0.2, 0.25) is 0 Å². The van der Waals surface area contributed by atoms with Crippen LogP contribution < -0.4 is 10.9 Å². The number of pyridine rings is 1. The van der Waals surface area contributed by atoms with E-state index in [0.717, 1.165) is 31.5 Å². The van der Waals surface area contributed by atoms with E-state index in [1.165, 1.54) is 6.20 Å². The summed E-state index contributed by atoms with van der Waals surface area (Å²) in [5.74, 6) is -0.729. The van der Waals surface area contributed by atoms with Crippen molar-refractivity contribution in [1.29, 1.82) is 5.26 Å². The summed E-state index contributed by atoms with van der Waals surface area (Å²) in [6, 6.07) is 9.29. The van der Waals surface area contributed by atoms with Crippen molar-refractivity contribution >= 4 is 34.3 Å². The predicted octanol–water partition coefficient (Wildman–Crippen LogP) is 2.89. The van der Waals surface area contributed by atoms with Gasteiger partial charge in [0.15, 0.2) is 11.9 Å². The van der Waals surface area contributed by atoms with Gasteiger partial charge in [-0.3, -0.25) is 14.3 Å². The summed E-state index contributed by atoms with van der Waals surface area (Å²) in [6.45, 7) is 3.39. The molecule has 1 amide bonds. The van der Waals surface area contributed by atoms with Gasteiger partial charge in [0, 0.05) is 30.5 Å². The molecule has 1 aromatic carbocycles. The number of anilines is 2. The number of nitrogens with one attached hydrogen (secondary N) is 2. The zero-order valence-electron chi connectivity index (χ0n) is 20.5. The highest BCUT2D eigenvalue weighted by atomic mass is 16.5. The molecule has 2 atom stereocenters. The number of fused-ring (bicyclic) bond motifs is 1. The lowest BCUT2D eigenvalue weighted by molar-refractivity contribution is -0.158. The minimum absolute atomic E-state index is 0.0168. The van der Waals surface area contributed by atoms with E-state index >= 15 is 0 Å². The number of aromatic nitrogens is 3. The van der Waals surface area contributed by atoms with E-state index in [-0.39, 0.29) is 30.9 Å². The molecule has 0 saturated carbocycles. The normalized spacial score (nSPS) is 21.6. The van der Waals surface area contributed by atoms with Crippen molar-refractivity contribution in [3.05, 3.63) is 51.9 Å². The molecule has 2 saturated heterocycles. The highest BCUT2D eigenvalue weighted by Crippen LogP contribution is 2.37. The van der Waals surface area contributed by atoms with Crippen LogP contribution in [0.1, 0.15) is 48.0 Å². The average molecular weight is 505 g/mol. The Morgan fingerprint density at radius 1 is 1.32 bits per heavy atom. The molecule has 5 rings (SSSR count). The molecule has 0 spiro atoms. The molecular formula is C26H28N6O5. The van der Waals surface area contributed by atoms with Gasteiger partial charge >= 0.3 is 5.97 Å². The molecule has 3 N–H and O–H groups in total. The third kappa shape index (κ3) is 4.44. The molecule has 0 bridgehead atoms. The van der Waals surface area contributed by atoms with Crippen LogP contribution in [0, 0.1) is 18.3 Å². The number of amides is 1. The lowest BCUT2D eigenvalue weighted by Crippen LogP contribution is -2.46. The maximum absolute atomic E-state index is 12.9. The van der Waals surface area contributed by atoms with Crippen molar-refractivity contribution in [2.45, 2.75) is 50.7 Å². The molecule has 2 unspecified atom stereocenters. The van der Waals surface area contributed by atoms with Crippen LogP contribution in [0.15, 0.2) is 35.3 Å². The summed E-state index contributed by atoms with van der Waals surface area (Å²) in [6.07, 6.45) is 3.21. The van der Waals surface area contributed by atoms with Gasteiger partial charge in [-0.25, -0.2) is 4.79 Å². The zero-order valence-corrected chi connectivity index (χ0v) is 20.5. The highest BCUT2D eigenvalue weighted by Gasteiger charge is 2.42. The second-order valence-electron chi connectivity index (χ2n) is 9.72. The maximum atomic E-state index is 12.9. The summed E-state index contributed by atoms with van der Waals surface area (Å²) >= 11 is 0. The molecule has 2 aliphatic heterocycles. The Morgan fingerprint density at radius 2 is 2.11 bits per heavy atom. The number of hydrogen-bond acceptors (Lipinski definition) is 7. The van der Waals surface area contributed by atoms with E-state index in [1.807, 2.05) is 17.9 Å². The number of H-pyrrole nitrogens is 1. The summed E-state index contributed by atoms with van der Waals surface area (Å²) in [4.78, 5) is 41.7. The fourth-order valence-electron chi connectivity index (χ4n) is 5.27. The Morgan fingerprint density at radius 3 is 2.76 bits per heavy atom. The highest BCUT2D eigenvalue weighted by molar-refractivity contribution is 5.97. The number of rotatable bonds is 6. The Balaban J connectivity index is 1.51. The van der Waals surface area contributed by atoms with E-state index in [0.29, 0.717) is 34.4 Å². The van der Waals surface area contributed by atoms with Crippen LogP contribution in [0.3, 0.4) is 0 Å². The standard InChI is InChI=1S/C26H28N6O5/c1-16-14-17(4-5-18(16)24(34)31-12-2-3-13-31)29-22-21-19(7-11-28-23(21)33)32(30-22)26(9-10-27)8-6-20(25(35)36)37-15-26/h4-5,7,11,14,20H,2-3,6,8-9,12-13,15H2,1H3,(H,28,33)(H,29,30)(H,35,36). The van der Waals surface area contributed by atoms with Crippen LogP contribution in [-0.2, 0) is 15.1 Å². The first-order valence-corrected chi connectivity index (χ1v) is 12.3. The molecular weight excluding hydrogens is 476 g/mol. The molecule has 0 aliphatic carbocycles. The van der Waals surface area contributed by atoms with Crippen LogP contribution in [-0.4, -0.2) is 62.4 Å². The summed E-state index contributed by atoms with van der Waals surface area (Å²) < 4.78 is 7.23. The van der Waals surface area contributed by atoms with Crippen molar-refractivity contribution in [2.75, 3.05) is 25.0 Å². The zero-order chi connectivity index (χ0) is 26.2. The Kier molecular flexibility index (Phi) is 6.43. The number of carbonyl (C=O) groups excluding carboxylic acids is 1. The van der Waals surface area contributed by atoms with Crippen LogP contribution in [0.5, 0.6) is 0 Å². The monoisotopic (exact) mass is 504 g/mol. The van der Waals surface area contributed by atoms with Gasteiger partial charge in [-0.15, -0.1) is 0 Å². The molecule has 11 heteroatoms. The summed E-state index contributed by atoms with van der Waals surface area (Å²) in [5.41, 5.74) is 1.34. The molecule has 11 nitrogen and oxygen atoms in total. The number of aryl methyl sites for hydroxylation is 1. The lowest BCUT2D eigenvalue weighted by Gasteiger charge is -2.38. The molecule has 2 fully saturated rings. The van der Waals surface area contributed by atoms with Gasteiger partial charge < -0.3 is 25.0 Å². The fraction of sp³-hybridized carbons (Fsp3) is 0.423. The molecule has 2 aromatic heterocycles. The molecule has 4 heterocycles. The number of nitriles is 1. The van der Waals surface area contributed by atoms with Crippen molar-refractivity contribution in [2.24, 2.45) is 0 Å². The molecule has 192 valence electrons. The van der Waals surface area contributed by atoms with E-state index in [1.54, 1.807) is 22.9 Å². The van der Waals surface area contributed by atoms with Crippen molar-refractivity contribution in [3.63, 3.8) is 0 Å². The Bertz CT molecular complexity index is 1450. The quantitative estimate of drug-likeness (QED) is 0.463. The fourth-order valence-corrected chi connectivity index (χ4v) is 5.27. The third-order valence-electron chi connectivity index (χ3n) is 7.27. The maximum Gasteiger partial charge on any atom is 0.332 e. The number of ether oxygens (including phenoxy) is 1. The summed E-state index contributed by atoms with van der Waals surface area (Å²) in [5, 5.41) is 27.2. The van der Waals surface area contributed by atoms with Gasteiger partial charge in [-0.05, 0) is 62.4 Å². The number of benzene rings is 1. The lowest BCUT2D eigenvalue weighted by atomic mass is 9.87. The Labute approximate surface area is 212 Å². The van der Waals surface area contributed by atoms with E-state index in [4.69, 9.17) is 9.84 Å². The smallest absolute Gasteiger partial charge is 0.332 e. The van der Waals surface area contributed by atoms with E-state index in [9.17, 15) is 24.8 Å². The second-order valence-corrected chi connectivity index (χ2v) is 9.72. The van der Waals surface area contributed by atoms with Crippen LogP contribution in [0.25, 0.3) is 10.9 Å². The number of nitrogens with zero attached hydrogens (tertiary/aromatic N) is 4. The minimum atomic E-state index is -1.04. The topological polar surface area (TPSA) is 153 Å². The van der Waals surface area contributed by atoms with E-state index in [2.05, 4.69) is 16.4 Å².